The SMILES string of the molecule is C=CCNC(=O)C1CCC(C(=O)Nc2ccc(NC(C)=O)cc2)CC1. The van der Waals surface area contributed by atoms with Gasteiger partial charge in [0.25, 0.3) is 0 Å². The van der Waals surface area contributed by atoms with Gasteiger partial charge in [-0.15, -0.1) is 6.58 Å². The summed E-state index contributed by atoms with van der Waals surface area (Å²) in [6.07, 6.45) is 4.53. The second-order valence-electron chi connectivity index (χ2n) is 6.33. The summed E-state index contributed by atoms with van der Waals surface area (Å²) in [5, 5.41) is 8.41. The second kappa shape index (κ2) is 9.01. The molecule has 6 nitrogen and oxygen atoms in total. The van der Waals surface area contributed by atoms with Crippen molar-refractivity contribution in [3.8, 4) is 0 Å². The van der Waals surface area contributed by atoms with Gasteiger partial charge >= 0.3 is 0 Å². The van der Waals surface area contributed by atoms with E-state index in [2.05, 4.69) is 22.5 Å². The summed E-state index contributed by atoms with van der Waals surface area (Å²) in [7, 11) is 0. The molecule has 3 amide bonds. The van der Waals surface area contributed by atoms with Crippen molar-refractivity contribution in [2.24, 2.45) is 11.8 Å². The fourth-order valence-corrected chi connectivity index (χ4v) is 3.02. The number of benzene rings is 1. The van der Waals surface area contributed by atoms with Crippen LogP contribution in [-0.4, -0.2) is 24.3 Å². The van der Waals surface area contributed by atoms with Gasteiger partial charge in [0.1, 0.15) is 0 Å². The molecule has 1 aliphatic carbocycles. The molecule has 0 bridgehead atoms. The van der Waals surface area contributed by atoms with E-state index in [1.54, 1.807) is 30.3 Å². The molecule has 0 aliphatic heterocycles. The number of amides is 3. The van der Waals surface area contributed by atoms with Gasteiger partial charge in [0, 0.05) is 36.7 Å². The molecule has 1 aliphatic rings. The van der Waals surface area contributed by atoms with Crippen molar-refractivity contribution in [2.75, 3.05) is 17.2 Å². The fourth-order valence-electron chi connectivity index (χ4n) is 3.02. The number of anilines is 2. The first-order valence-electron chi connectivity index (χ1n) is 8.56. The molecule has 6 heteroatoms. The monoisotopic (exact) mass is 343 g/mol. The average Bonchev–Trinajstić information content (AvgIpc) is 2.61. The van der Waals surface area contributed by atoms with Crippen LogP contribution in [0.3, 0.4) is 0 Å². The Kier molecular flexibility index (Phi) is 6.74. The smallest absolute Gasteiger partial charge is 0.227 e. The molecule has 0 atom stereocenters. The average molecular weight is 343 g/mol. The van der Waals surface area contributed by atoms with Gasteiger partial charge in [0.05, 0.1) is 0 Å². The van der Waals surface area contributed by atoms with E-state index in [1.165, 1.54) is 6.92 Å². The summed E-state index contributed by atoms with van der Waals surface area (Å²) in [4.78, 5) is 35.3. The number of hydrogen-bond acceptors (Lipinski definition) is 3. The summed E-state index contributed by atoms with van der Waals surface area (Å²) < 4.78 is 0. The highest BCUT2D eigenvalue weighted by Gasteiger charge is 2.29. The highest BCUT2D eigenvalue weighted by molar-refractivity contribution is 5.93. The maximum absolute atomic E-state index is 12.4. The van der Waals surface area contributed by atoms with Gasteiger partial charge in [-0.2, -0.15) is 0 Å². The molecule has 1 aromatic rings. The predicted octanol–water partition coefficient (Wildman–Crippen LogP) is 2.69. The maximum Gasteiger partial charge on any atom is 0.227 e. The van der Waals surface area contributed by atoms with Crippen LogP contribution < -0.4 is 16.0 Å². The van der Waals surface area contributed by atoms with Crippen LogP contribution in [0.25, 0.3) is 0 Å². The van der Waals surface area contributed by atoms with Gasteiger partial charge in [-0.1, -0.05) is 6.08 Å². The first kappa shape index (κ1) is 18.7. The molecular formula is C19H25N3O3. The normalized spacial score (nSPS) is 19.6. The van der Waals surface area contributed by atoms with E-state index in [1.807, 2.05) is 0 Å². The molecule has 2 rings (SSSR count). The van der Waals surface area contributed by atoms with Crippen LogP contribution in [0, 0.1) is 11.8 Å². The molecule has 1 saturated carbocycles. The molecule has 0 spiro atoms. The lowest BCUT2D eigenvalue weighted by molar-refractivity contribution is -0.128. The molecule has 0 heterocycles. The van der Waals surface area contributed by atoms with Crippen LogP contribution in [0.2, 0.25) is 0 Å². The molecule has 0 unspecified atom stereocenters. The number of rotatable bonds is 6. The Morgan fingerprint density at radius 1 is 0.960 bits per heavy atom. The molecule has 0 saturated heterocycles. The van der Waals surface area contributed by atoms with Gasteiger partial charge in [-0.25, -0.2) is 0 Å². The van der Waals surface area contributed by atoms with E-state index < -0.39 is 0 Å². The van der Waals surface area contributed by atoms with Crippen molar-refractivity contribution in [3.63, 3.8) is 0 Å². The highest BCUT2D eigenvalue weighted by atomic mass is 16.2. The first-order chi connectivity index (χ1) is 12.0. The molecule has 0 radical (unpaired) electrons. The molecule has 1 fully saturated rings. The predicted molar refractivity (Wildman–Crippen MR) is 98.0 cm³/mol. The van der Waals surface area contributed by atoms with Crippen LogP contribution in [0.15, 0.2) is 36.9 Å². The third kappa shape index (κ3) is 5.74. The lowest BCUT2D eigenvalue weighted by atomic mass is 9.81. The van der Waals surface area contributed by atoms with E-state index in [-0.39, 0.29) is 29.6 Å². The summed E-state index contributed by atoms with van der Waals surface area (Å²) in [5.74, 6) is -0.186. The van der Waals surface area contributed by atoms with Crippen molar-refractivity contribution >= 4 is 29.1 Å². The van der Waals surface area contributed by atoms with E-state index in [0.717, 1.165) is 12.8 Å². The van der Waals surface area contributed by atoms with Crippen molar-refractivity contribution in [3.05, 3.63) is 36.9 Å². The number of carbonyl (C=O) groups is 3. The van der Waals surface area contributed by atoms with Gasteiger partial charge in [0.2, 0.25) is 17.7 Å². The van der Waals surface area contributed by atoms with Crippen LogP contribution in [0.4, 0.5) is 11.4 Å². The zero-order valence-electron chi connectivity index (χ0n) is 14.5. The Balaban J connectivity index is 1.81. The molecule has 3 N–H and O–H groups in total. The lowest BCUT2D eigenvalue weighted by Gasteiger charge is -2.27. The molecule has 134 valence electrons. The van der Waals surface area contributed by atoms with Crippen molar-refractivity contribution < 1.29 is 14.4 Å². The van der Waals surface area contributed by atoms with Crippen molar-refractivity contribution in [2.45, 2.75) is 32.6 Å². The Labute approximate surface area is 148 Å². The standard InChI is InChI=1S/C19H25N3O3/c1-3-12-20-18(24)14-4-6-15(7-5-14)19(25)22-17-10-8-16(9-11-17)21-13(2)23/h3,8-11,14-15H,1,4-7,12H2,2H3,(H,20,24)(H,21,23)(H,22,25). The zero-order valence-corrected chi connectivity index (χ0v) is 14.5. The zero-order chi connectivity index (χ0) is 18.2. The minimum Gasteiger partial charge on any atom is -0.352 e. The number of hydrogen-bond donors (Lipinski definition) is 3. The summed E-state index contributed by atoms with van der Waals surface area (Å²) in [6, 6.07) is 7.02. The topological polar surface area (TPSA) is 87.3 Å². The maximum atomic E-state index is 12.4. The molecule has 25 heavy (non-hydrogen) atoms. The highest BCUT2D eigenvalue weighted by Crippen LogP contribution is 2.30. The third-order valence-corrected chi connectivity index (χ3v) is 4.36. The second-order valence-corrected chi connectivity index (χ2v) is 6.33. The number of nitrogens with one attached hydrogen (secondary N) is 3. The Morgan fingerprint density at radius 3 is 1.92 bits per heavy atom. The largest absolute Gasteiger partial charge is 0.352 e. The van der Waals surface area contributed by atoms with Crippen molar-refractivity contribution in [1.82, 2.24) is 5.32 Å². The molecule has 0 aromatic heterocycles. The first-order valence-corrected chi connectivity index (χ1v) is 8.56. The van der Waals surface area contributed by atoms with E-state index in [4.69, 9.17) is 0 Å². The Morgan fingerprint density at radius 2 is 1.44 bits per heavy atom. The van der Waals surface area contributed by atoms with E-state index >= 15 is 0 Å². The fraction of sp³-hybridized carbons (Fsp3) is 0.421. The molecular weight excluding hydrogens is 318 g/mol. The van der Waals surface area contributed by atoms with E-state index in [9.17, 15) is 14.4 Å². The van der Waals surface area contributed by atoms with Gasteiger partial charge < -0.3 is 16.0 Å². The van der Waals surface area contributed by atoms with Crippen molar-refractivity contribution in [1.29, 1.82) is 0 Å². The Bertz CT molecular complexity index is 632. The van der Waals surface area contributed by atoms with Gasteiger partial charge in [-0.3, -0.25) is 14.4 Å². The van der Waals surface area contributed by atoms with Gasteiger partial charge in [0.15, 0.2) is 0 Å². The summed E-state index contributed by atoms with van der Waals surface area (Å²) in [6.45, 7) is 5.51. The van der Waals surface area contributed by atoms with Crippen LogP contribution in [0.5, 0.6) is 0 Å². The minimum absolute atomic E-state index is 0.0130. The Hall–Kier alpha value is -2.63. The molecule has 1 aromatic carbocycles. The van der Waals surface area contributed by atoms with Gasteiger partial charge in [-0.05, 0) is 49.9 Å². The van der Waals surface area contributed by atoms with Crippen LogP contribution >= 0.6 is 0 Å². The quantitative estimate of drug-likeness (QED) is 0.694. The number of carbonyl (C=O) groups excluding carboxylic acids is 3. The van der Waals surface area contributed by atoms with E-state index in [0.29, 0.717) is 30.8 Å². The van der Waals surface area contributed by atoms with Crippen LogP contribution in [-0.2, 0) is 14.4 Å². The lowest BCUT2D eigenvalue weighted by Crippen LogP contribution is -2.35. The minimum atomic E-state index is -0.134. The summed E-state index contributed by atoms with van der Waals surface area (Å²) in [5.41, 5.74) is 1.39. The third-order valence-electron chi connectivity index (χ3n) is 4.36. The van der Waals surface area contributed by atoms with Crippen LogP contribution in [0.1, 0.15) is 32.6 Å². The summed E-state index contributed by atoms with van der Waals surface area (Å²) >= 11 is 0.